The van der Waals surface area contributed by atoms with Crippen LogP contribution in [0.3, 0.4) is 0 Å². The first kappa shape index (κ1) is 34.9. The van der Waals surface area contributed by atoms with Gasteiger partial charge in [0.05, 0.1) is 16.2 Å². The molecule has 2 heterocycles. The maximum atomic E-state index is 5.59. The molecular weight excluding hydrogens is 404 g/mol. The first-order chi connectivity index (χ1) is 12.3. The summed E-state index contributed by atoms with van der Waals surface area (Å²) in [7, 11) is 1.54. The Labute approximate surface area is 189 Å². The lowest BCUT2D eigenvalue weighted by Crippen LogP contribution is -1.94. The van der Waals surface area contributed by atoms with Gasteiger partial charge in [-0.2, -0.15) is 0 Å². The Morgan fingerprint density at radius 3 is 1.90 bits per heavy atom. The molecule has 0 N–H and O–H groups in total. The lowest BCUT2D eigenvalue weighted by atomic mass is 10.1. The van der Waals surface area contributed by atoms with Crippen LogP contribution in [0.4, 0.5) is 0 Å². The molecule has 2 aromatic heterocycles. The average molecular weight is 447 g/mol. The lowest BCUT2D eigenvalue weighted by molar-refractivity contribution is 0.213. The van der Waals surface area contributed by atoms with Crippen molar-refractivity contribution in [2.75, 3.05) is 7.11 Å². The molecule has 0 aliphatic heterocycles. The van der Waals surface area contributed by atoms with Crippen LogP contribution in [0.15, 0.2) is 28.4 Å². The summed E-state index contributed by atoms with van der Waals surface area (Å²) >= 11 is 7.26. The summed E-state index contributed by atoms with van der Waals surface area (Å²) < 4.78 is 0. The summed E-state index contributed by atoms with van der Waals surface area (Å²) in [6.45, 7) is 12.6. The Hall–Kier alpha value is -1.53. The molecule has 0 bridgehead atoms. The van der Waals surface area contributed by atoms with Gasteiger partial charge < -0.3 is 4.84 Å². The Morgan fingerprint density at radius 2 is 1.59 bits per heavy atom. The Morgan fingerprint density at radius 1 is 1.03 bits per heavy atom. The van der Waals surface area contributed by atoms with Gasteiger partial charge in [-0.1, -0.05) is 80.6 Å². The Kier molecular flexibility index (Phi) is 25.5. The molecular formula is C22H43ClN4OS. The Balaban J connectivity index is -0.000000156. The fourth-order valence-corrected chi connectivity index (χ4v) is 2.23. The molecule has 0 aliphatic rings. The second-order valence-corrected chi connectivity index (χ2v) is 7.83. The Bertz CT molecular complexity index is 585. The molecule has 0 fully saturated rings. The van der Waals surface area contributed by atoms with Crippen molar-refractivity contribution in [3.63, 3.8) is 0 Å². The van der Waals surface area contributed by atoms with Crippen LogP contribution in [0.25, 0.3) is 0 Å². The summed E-state index contributed by atoms with van der Waals surface area (Å²) in [5.74, 6) is 2.42. The van der Waals surface area contributed by atoms with Gasteiger partial charge in [0.15, 0.2) is 0 Å². The predicted octanol–water partition coefficient (Wildman–Crippen LogP) is 7.78. The van der Waals surface area contributed by atoms with Gasteiger partial charge >= 0.3 is 0 Å². The molecule has 2 aromatic rings. The highest BCUT2D eigenvalue weighted by atomic mass is 35.5. The summed E-state index contributed by atoms with van der Waals surface area (Å²) in [6.07, 6.45) is 6.09. The van der Waals surface area contributed by atoms with Crippen LogP contribution < -0.4 is 0 Å². The van der Waals surface area contributed by atoms with Crippen LogP contribution in [0.5, 0.6) is 0 Å². The predicted molar refractivity (Wildman–Crippen MR) is 132 cm³/mol. The summed E-state index contributed by atoms with van der Waals surface area (Å²) in [5, 5.41) is 6.24. The van der Waals surface area contributed by atoms with E-state index in [1.54, 1.807) is 37.1 Å². The van der Waals surface area contributed by atoms with Crippen LogP contribution in [0.1, 0.15) is 81.3 Å². The number of hydrogen-bond acceptors (Lipinski definition) is 6. The highest BCUT2D eigenvalue weighted by molar-refractivity contribution is 7.07. The van der Waals surface area contributed by atoms with E-state index in [2.05, 4.69) is 44.2 Å². The van der Waals surface area contributed by atoms with E-state index in [1.165, 1.54) is 5.69 Å². The molecule has 0 unspecified atom stereocenters. The molecule has 170 valence electrons. The molecule has 0 atom stereocenters. The number of aromatic nitrogens is 3. The fourth-order valence-electron chi connectivity index (χ4n) is 1.56. The van der Waals surface area contributed by atoms with E-state index < -0.39 is 0 Å². The van der Waals surface area contributed by atoms with E-state index in [4.69, 9.17) is 11.6 Å². The van der Waals surface area contributed by atoms with Gasteiger partial charge in [-0.25, -0.2) is 15.0 Å². The van der Waals surface area contributed by atoms with Crippen molar-refractivity contribution < 1.29 is 4.84 Å². The zero-order chi connectivity index (χ0) is 19.9. The van der Waals surface area contributed by atoms with E-state index in [0.717, 1.165) is 18.2 Å². The SMILES string of the molecule is C.C.C.CC(C)Cc1cscn1.CC(C)c1ncc(Cl)cn1.CON=CC(C)C. The van der Waals surface area contributed by atoms with Crippen molar-refractivity contribution in [2.45, 2.75) is 76.2 Å². The monoisotopic (exact) mass is 446 g/mol. The molecule has 0 aliphatic carbocycles. The smallest absolute Gasteiger partial charge is 0.130 e. The molecule has 0 aromatic carbocycles. The van der Waals surface area contributed by atoms with Crippen molar-refractivity contribution in [3.8, 4) is 0 Å². The van der Waals surface area contributed by atoms with Crippen molar-refractivity contribution in [1.29, 1.82) is 0 Å². The third-order valence-electron chi connectivity index (χ3n) is 2.72. The number of halogens is 1. The number of rotatable bonds is 5. The van der Waals surface area contributed by atoms with Crippen LogP contribution in [-0.2, 0) is 11.3 Å². The third kappa shape index (κ3) is 21.0. The number of oxime groups is 1. The quantitative estimate of drug-likeness (QED) is 0.347. The van der Waals surface area contributed by atoms with Gasteiger partial charge in [-0.3, -0.25) is 0 Å². The minimum absolute atomic E-state index is 0. The van der Waals surface area contributed by atoms with E-state index in [9.17, 15) is 0 Å². The van der Waals surface area contributed by atoms with Gasteiger partial charge in [0.25, 0.3) is 0 Å². The summed E-state index contributed by atoms with van der Waals surface area (Å²) in [5.41, 5.74) is 3.12. The van der Waals surface area contributed by atoms with Gasteiger partial charge in [0, 0.05) is 29.9 Å². The van der Waals surface area contributed by atoms with E-state index >= 15 is 0 Å². The van der Waals surface area contributed by atoms with Crippen molar-refractivity contribution in [3.05, 3.63) is 39.8 Å². The van der Waals surface area contributed by atoms with Crippen molar-refractivity contribution in [1.82, 2.24) is 15.0 Å². The molecule has 29 heavy (non-hydrogen) atoms. The second-order valence-electron chi connectivity index (χ2n) is 6.67. The van der Waals surface area contributed by atoms with Crippen LogP contribution in [-0.4, -0.2) is 28.3 Å². The van der Waals surface area contributed by atoms with Crippen LogP contribution >= 0.6 is 22.9 Å². The van der Waals surface area contributed by atoms with Gasteiger partial charge in [-0.15, -0.1) is 11.3 Å². The molecule has 2 rings (SSSR count). The zero-order valence-electron chi connectivity index (χ0n) is 16.8. The average Bonchev–Trinajstić information content (AvgIpc) is 3.06. The van der Waals surface area contributed by atoms with E-state index in [-0.39, 0.29) is 22.3 Å². The molecule has 0 spiro atoms. The number of hydrogen-bond donors (Lipinski definition) is 0. The molecule has 0 amide bonds. The van der Waals surface area contributed by atoms with Gasteiger partial charge in [0.2, 0.25) is 0 Å². The fraction of sp³-hybridized carbons (Fsp3) is 0.636. The van der Waals surface area contributed by atoms with Gasteiger partial charge in [0.1, 0.15) is 12.9 Å². The maximum absolute atomic E-state index is 5.59. The first-order valence-corrected chi connectivity index (χ1v) is 9.99. The second kappa shape index (κ2) is 21.2. The minimum Gasteiger partial charge on any atom is -0.399 e. The summed E-state index contributed by atoms with van der Waals surface area (Å²) in [4.78, 5) is 16.7. The highest BCUT2D eigenvalue weighted by Crippen LogP contribution is 2.09. The zero-order valence-corrected chi connectivity index (χ0v) is 18.4. The number of nitrogens with zero attached hydrogens (tertiary/aromatic N) is 4. The van der Waals surface area contributed by atoms with E-state index in [1.807, 2.05) is 33.2 Å². The van der Waals surface area contributed by atoms with Crippen LogP contribution in [0.2, 0.25) is 5.02 Å². The molecule has 5 nitrogen and oxygen atoms in total. The normalized spacial score (nSPS) is 9.48. The summed E-state index contributed by atoms with van der Waals surface area (Å²) in [6, 6.07) is 0. The maximum Gasteiger partial charge on any atom is 0.130 e. The van der Waals surface area contributed by atoms with Crippen molar-refractivity contribution in [2.24, 2.45) is 17.0 Å². The third-order valence-corrected chi connectivity index (χ3v) is 3.55. The first-order valence-electron chi connectivity index (χ1n) is 8.67. The van der Waals surface area contributed by atoms with E-state index in [0.29, 0.717) is 16.9 Å². The van der Waals surface area contributed by atoms with Crippen LogP contribution in [0, 0.1) is 11.8 Å². The lowest BCUT2D eigenvalue weighted by Gasteiger charge is -2.00. The van der Waals surface area contributed by atoms with Crippen molar-refractivity contribution >= 4 is 29.2 Å². The molecule has 0 saturated heterocycles. The van der Waals surface area contributed by atoms with Gasteiger partial charge in [-0.05, 0) is 18.3 Å². The molecule has 0 saturated carbocycles. The largest absolute Gasteiger partial charge is 0.399 e. The molecule has 0 radical (unpaired) electrons. The minimum atomic E-state index is 0. The molecule has 7 heteroatoms. The standard InChI is InChI=1S/C7H9ClN2.C7H11NS.C5H11NO.3CH4/c1-5(2)7-9-3-6(8)4-10-7;1-6(2)3-7-4-9-5-8-7;1-5(2)4-6-7-3;;;/h3-5H,1-2H3;4-6H,3H2,1-2H3;4-5H,1-3H3;3*1H4. The highest BCUT2D eigenvalue weighted by Gasteiger charge is 2.00. The topological polar surface area (TPSA) is 60.3 Å². The number of thiazole rings is 1.